The van der Waals surface area contributed by atoms with E-state index in [-0.39, 0.29) is 29.7 Å². The maximum Gasteiger partial charge on any atom is 0.416 e. The van der Waals surface area contributed by atoms with E-state index in [0.29, 0.717) is 23.5 Å². The molecule has 0 bridgehead atoms. The minimum Gasteiger partial charge on any atom is -0.475 e. The van der Waals surface area contributed by atoms with Crippen LogP contribution in [0.4, 0.5) is 18.9 Å². The second kappa shape index (κ2) is 10.9. The number of piperidine rings is 1. The first-order chi connectivity index (χ1) is 17.2. The lowest BCUT2D eigenvalue weighted by Crippen LogP contribution is -2.34. The number of benzene rings is 1. The average Bonchev–Trinajstić information content (AvgIpc) is 2.83. The number of allylic oxidation sites excluding steroid dienone is 1. The number of anilines is 1. The van der Waals surface area contributed by atoms with Crippen LogP contribution in [0.2, 0.25) is 0 Å². The molecular formula is C27H32F3N3O3. The second-order valence-corrected chi connectivity index (χ2v) is 9.46. The van der Waals surface area contributed by atoms with Gasteiger partial charge in [-0.1, -0.05) is 24.6 Å². The third-order valence-corrected chi connectivity index (χ3v) is 6.49. The number of aromatic nitrogens is 1. The Kier molecular flexibility index (Phi) is 7.88. The number of hydrogen-bond acceptors (Lipinski definition) is 6. The van der Waals surface area contributed by atoms with Crippen LogP contribution in [0.1, 0.15) is 62.6 Å². The van der Waals surface area contributed by atoms with Crippen molar-refractivity contribution in [1.82, 2.24) is 9.88 Å². The van der Waals surface area contributed by atoms with Gasteiger partial charge in [0.1, 0.15) is 6.61 Å². The highest BCUT2D eigenvalue weighted by Crippen LogP contribution is 2.48. The van der Waals surface area contributed by atoms with Gasteiger partial charge in [-0.2, -0.15) is 13.2 Å². The molecule has 2 aliphatic heterocycles. The summed E-state index contributed by atoms with van der Waals surface area (Å²) in [6, 6.07) is 7.00. The standard InChI is InChI=1S/C27H32F3N3O3/c1-17(2)36-25-24-21(11-12-31-25)32-18(3)22(26(34)35-16-15-33-13-7-4-8-14-33)23(24)19-9-5-6-10-20(19)27(28,29)30/h5-6,9-12,17,23,32H,4,7-8,13-16H2,1-3H3. The summed E-state index contributed by atoms with van der Waals surface area (Å²) in [6.07, 6.45) is 0.0740. The molecule has 9 heteroatoms. The fourth-order valence-corrected chi connectivity index (χ4v) is 4.91. The molecule has 1 atom stereocenters. The van der Waals surface area contributed by atoms with E-state index in [4.69, 9.17) is 9.47 Å². The van der Waals surface area contributed by atoms with E-state index in [0.717, 1.165) is 32.0 Å². The summed E-state index contributed by atoms with van der Waals surface area (Å²) in [6.45, 7) is 7.97. The number of nitrogens with zero attached hydrogens (tertiary/aromatic N) is 2. The van der Waals surface area contributed by atoms with E-state index in [1.54, 1.807) is 19.1 Å². The highest BCUT2D eigenvalue weighted by molar-refractivity contribution is 5.95. The first-order valence-corrected chi connectivity index (χ1v) is 12.4. The Labute approximate surface area is 209 Å². The fraction of sp³-hybridized carbons (Fsp3) is 0.481. The number of ether oxygens (including phenoxy) is 2. The molecule has 194 valence electrons. The SMILES string of the molecule is CC1=C(C(=O)OCCN2CCCCC2)C(c2ccccc2C(F)(F)F)c2c(ccnc2OC(C)C)N1. The van der Waals surface area contributed by atoms with Crippen molar-refractivity contribution >= 4 is 11.7 Å². The summed E-state index contributed by atoms with van der Waals surface area (Å²) < 4.78 is 53.9. The molecule has 3 heterocycles. The van der Waals surface area contributed by atoms with Gasteiger partial charge in [-0.3, -0.25) is 4.90 Å². The predicted molar refractivity (Wildman–Crippen MR) is 131 cm³/mol. The highest BCUT2D eigenvalue weighted by atomic mass is 19.4. The van der Waals surface area contributed by atoms with Crippen molar-refractivity contribution in [3.63, 3.8) is 0 Å². The maximum absolute atomic E-state index is 14.1. The van der Waals surface area contributed by atoms with Crippen molar-refractivity contribution < 1.29 is 27.4 Å². The van der Waals surface area contributed by atoms with Crippen LogP contribution >= 0.6 is 0 Å². The van der Waals surface area contributed by atoms with E-state index in [2.05, 4.69) is 15.2 Å². The van der Waals surface area contributed by atoms with Crippen molar-refractivity contribution in [2.24, 2.45) is 0 Å². The molecule has 1 N–H and O–H groups in total. The summed E-state index contributed by atoms with van der Waals surface area (Å²) in [7, 11) is 0. The third-order valence-electron chi connectivity index (χ3n) is 6.49. The lowest BCUT2D eigenvalue weighted by Gasteiger charge is -2.33. The molecule has 1 unspecified atom stereocenters. The second-order valence-electron chi connectivity index (χ2n) is 9.46. The van der Waals surface area contributed by atoms with Gasteiger partial charge in [-0.05, 0) is 64.4 Å². The lowest BCUT2D eigenvalue weighted by atomic mass is 9.79. The summed E-state index contributed by atoms with van der Waals surface area (Å²) in [4.78, 5) is 20.0. The van der Waals surface area contributed by atoms with E-state index < -0.39 is 23.6 Å². The fourth-order valence-electron chi connectivity index (χ4n) is 4.91. The number of esters is 1. The van der Waals surface area contributed by atoms with Crippen molar-refractivity contribution in [1.29, 1.82) is 0 Å². The number of carbonyl (C=O) groups excluding carboxylic acids is 1. The van der Waals surface area contributed by atoms with Gasteiger partial charge in [-0.25, -0.2) is 9.78 Å². The van der Waals surface area contributed by atoms with Crippen LogP contribution < -0.4 is 10.1 Å². The number of hydrogen-bond donors (Lipinski definition) is 1. The minimum absolute atomic E-state index is 0.0447. The van der Waals surface area contributed by atoms with Crippen LogP contribution in [0.5, 0.6) is 5.88 Å². The van der Waals surface area contributed by atoms with Crippen LogP contribution in [-0.4, -0.2) is 48.2 Å². The topological polar surface area (TPSA) is 63.7 Å². The van der Waals surface area contributed by atoms with Gasteiger partial charge >= 0.3 is 12.1 Å². The average molecular weight is 504 g/mol. The Morgan fingerprint density at radius 1 is 1.17 bits per heavy atom. The number of pyridine rings is 1. The minimum atomic E-state index is -4.61. The first-order valence-electron chi connectivity index (χ1n) is 12.4. The molecule has 36 heavy (non-hydrogen) atoms. The van der Waals surface area contributed by atoms with Gasteiger partial charge in [0.2, 0.25) is 5.88 Å². The number of halogens is 3. The van der Waals surface area contributed by atoms with Gasteiger partial charge in [0, 0.05) is 29.7 Å². The van der Waals surface area contributed by atoms with E-state index in [9.17, 15) is 18.0 Å². The molecule has 1 aromatic heterocycles. The Morgan fingerprint density at radius 3 is 2.58 bits per heavy atom. The zero-order valence-electron chi connectivity index (χ0n) is 20.8. The van der Waals surface area contributed by atoms with Gasteiger partial charge in [0.15, 0.2) is 0 Å². The number of rotatable bonds is 7. The summed E-state index contributed by atoms with van der Waals surface area (Å²) in [5.41, 5.74) is 0.639. The number of carbonyl (C=O) groups is 1. The molecule has 1 fully saturated rings. The molecular weight excluding hydrogens is 471 g/mol. The number of alkyl halides is 3. The Morgan fingerprint density at radius 2 is 1.89 bits per heavy atom. The Hall–Kier alpha value is -3.07. The Balaban J connectivity index is 1.76. The molecule has 6 nitrogen and oxygen atoms in total. The van der Waals surface area contributed by atoms with Gasteiger partial charge in [0.25, 0.3) is 0 Å². The molecule has 2 aromatic rings. The molecule has 0 spiro atoms. The smallest absolute Gasteiger partial charge is 0.416 e. The van der Waals surface area contributed by atoms with Crippen LogP contribution in [0.3, 0.4) is 0 Å². The van der Waals surface area contributed by atoms with Gasteiger partial charge < -0.3 is 14.8 Å². The quantitative estimate of drug-likeness (QED) is 0.486. The van der Waals surface area contributed by atoms with Gasteiger partial charge in [0.05, 0.1) is 23.2 Å². The van der Waals surface area contributed by atoms with Crippen molar-refractivity contribution in [3.05, 3.63) is 64.5 Å². The first kappa shape index (κ1) is 26.0. The molecule has 0 amide bonds. The molecule has 0 aliphatic carbocycles. The molecule has 1 saturated heterocycles. The zero-order valence-corrected chi connectivity index (χ0v) is 20.8. The highest BCUT2D eigenvalue weighted by Gasteiger charge is 2.42. The van der Waals surface area contributed by atoms with Gasteiger partial charge in [-0.15, -0.1) is 0 Å². The predicted octanol–water partition coefficient (Wildman–Crippen LogP) is 5.75. The summed E-state index contributed by atoms with van der Waals surface area (Å²) in [5.74, 6) is -1.53. The van der Waals surface area contributed by atoms with Crippen LogP contribution in [0, 0.1) is 0 Å². The van der Waals surface area contributed by atoms with E-state index in [1.807, 2.05) is 13.8 Å². The summed E-state index contributed by atoms with van der Waals surface area (Å²) >= 11 is 0. The molecule has 0 saturated carbocycles. The van der Waals surface area contributed by atoms with E-state index in [1.165, 1.54) is 24.8 Å². The maximum atomic E-state index is 14.1. The largest absolute Gasteiger partial charge is 0.475 e. The van der Waals surface area contributed by atoms with Crippen molar-refractivity contribution in [2.75, 3.05) is 31.6 Å². The normalized spacial score (nSPS) is 18.6. The third kappa shape index (κ3) is 5.67. The van der Waals surface area contributed by atoms with Crippen LogP contribution in [0.15, 0.2) is 47.8 Å². The number of nitrogens with one attached hydrogen (secondary N) is 1. The number of likely N-dealkylation sites (tertiary alicyclic amines) is 1. The monoisotopic (exact) mass is 503 g/mol. The lowest BCUT2D eigenvalue weighted by molar-refractivity contribution is -0.141. The van der Waals surface area contributed by atoms with E-state index >= 15 is 0 Å². The van der Waals surface area contributed by atoms with Crippen molar-refractivity contribution in [3.8, 4) is 5.88 Å². The van der Waals surface area contributed by atoms with Crippen LogP contribution in [0.25, 0.3) is 0 Å². The molecule has 4 rings (SSSR count). The molecule has 0 radical (unpaired) electrons. The molecule has 2 aliphatic rings. The molecule has 1 aromatic carbocycles. The Bertz CT molecular complexity index is 1120. The van der Waals surface area contributed by atoms with Crippen LogP contribution in [-0.2, 0) is 15.7 Å². The van der Waals surface area contributed by atoms with Crippen molar-refractivity contribution in [2.45, 2.75) is 58.2 Å². The zero-order chi connectivity index (χ0) is 25.9. The number of fused-ring (bicyclic) bond motifs is 1. The summed E-state index contributed by atoms with van der Waals surface area (Å²) in [5, 5.41) is 3.17.